The number of methoxy groups -OCH3 is 2. The fourth-order valence-corrected chi connectivity index (χ4v) is 2.21. The number of benzene rings is 2. The fourth-order valence-electron chi connectivity index (χ4n) is 1.86. The van der Waals surface area contributed by atoms with Crippen LogP contribution in [-0.2, 0) is 0 Å². The van der Waals surface area contributed by atoms with E-state index in [2.05, 4.69) is 5.32 Å². The fraction of sp³-hybridized carbons (Fsp3) is 0.133. The summed E-state index contributed by atoms with van der Waals surface area (Å²) in [6, 6.07) is 10.8. The average Bonchev–Trinajstić information content (AvgIpc) is 2.48. The minimum Gasteiger partial charge on any atom is -0.497 e. The molecule has 0 aliphatic rings. The number of thiocarbonyl (C=S) groups is 1. The molecule has 2 rings (SSSR count). The maximum absolute atomic E-state index is 5.98. The van der Waals surface area contributed by atoms with Crippen molar-refractivity contribution in [3.05, 3.63) is 47.0 Å². The summed E-state index contributed by atoms with van der Waals surface area (Å²) in [4.78, 5) is 0.273. The van der Waals surface area contributed by atoms with E-state index in [0.29, 0.717) is 22.1 Å². The van der Waals surface area contributed by atoms with E-state index in [1.165, 1.54) is 0 Å². The smallest absolute Gasteiger partial charge is 0.124 e. The third-order valence-corrected chi connectivity index (χ3v) is 3.33. The number of hydrogen-bond donors (Lipinski definition) is 2. The van der Waals surface area contributed by atoms with Crippen molar-refractivity contribution in [1.29, 1.82) is 0 Å². The van der Waals surface area contributed by atoms with Crippen LogP contribution in [0.5, 0.6) is 11.5 Å². The van der Waals surface area contributed by atoms with Crippen LogP contribution in [0, 0.1) is 0 Å². The molecule has 0 spiro atoms. The zero-order chi connectivity index (χ0) is 15.4. The van der Waals surface area contributed by atoms with Gasteiger partial charge in [0.1, 0.15) is 16.5 Å². The molecular weight excluding hydrogens is 308 g/mol. The summed E-state index contributed by atoms with van der Waals surface area (Å²) in [5.41, 5.74) is 7.98. The van der Waals surface area contributed by atoms with Gasteiger partial charge in [-0.3, -0.25) is 0 Å². The Morgan fingerprint density at radius 2 is 1.71 bits per heavy atom. The highest BCUT2D eigenvalue weighted by Gasteiger charge is 2.08. The van der Waals surface area contributed by atoms with Crippen molar-refractivity contribution >= 4 is 40.2 Å². The molecule has 0 fully saturated rings. The molecule has 4 nitrogen and oxygen atoms in total. The van der Waals surface area contributed by atoms with Crippen LogP contribution >= 0.6 is 23.8 Å². The van der Waals surface area contributed by atoms with Crippen LogP contribution in [0.25, 0.3) is 0 Å². The molecule has 0 atom stereocenters. The van der Waals surface area contributed by atoms with E-state index in [4.69, 9.17) is 39.0 Å². The van der Waals surface area contributed by atoms with E-state index < -0.39 is 0 Å². The molecule has 6 heteroatoms. The molecule has 0 saturated heterocycles. The maximum Gasteiger partial charge on any atom is 0.124 e. The first-order valence-corrected chi connectivity index (χ1v) is 6.91. The third kappa shape index (κ3) is 3.77. The molecule has 0 aliphatic carbocycles. The van der Waals surface area contributed by atoms with Crippen LogP contribution in [0.1, 0.15) is 5.56 Å². The Morgan fingerprint density at radius 1 is 1.10 bits per heavy atom. The zero-order valence-electron chi connectivity index (χ0n) is 11.6. The summed E-state index contributed by atoms with van der Waals surface area (Å²) in [7, 11) is 3.20. The first-order chi connectivity index (χ1) is 10.0. The molecule has 2 aromatic carbocycles. The van der Waals surface area contributed by atoms with E-state index in [9.17, 15) is 0 Å². The lowest BCUT2D eigenvalue weighted by Crippen LogP contribution is -2.12. The largest absolute Gasteiger partial charge is 0.497 e. The molecule has 0 unspecified atom stereocenters. The number of nitrogens with one attached hydrogen (secondary N) is 1. The minimum absolute atomic E-state index is 0.273. The van der Waals surface area contributed by atoms with Crippen LogP contribution in [0.4, 0.5) is 11.4 Å². The second kappa shape index (κ2) is 6.65. The van der Waals surface area contributed by atoms with E-state index in [0.717, 1.165) is 11.4 Å². The topological polar surface area (TPSA) is 56.5 Å². The summed E-state index contributed by atoms with van der Waals surface area (Å²) >= 11 is 11.0. The summed E-state index contributed by atoms with van der Waals surface area (Å²) in [5, 5.41) is 3.82. The number of anilines is 2. The van der Waals surface area contributed by atoms with Gasteiger partial charge in [0.05, 0.1) is 14.2 Å². The van der Waals surface area contributed by atoms with Gasteiger partial charge >= 0.3 is 0 Å². The van der Waals surface area contributed by atoms with Crippen LogP contribution in [0.3, 0.4) is 0 Å². The lowest BCUT2D eigenvalue weighted by atomic mass is 10.1. The van der Waals surface area contributed by atoms with Gasteiger partial charge in [-0.1, -0.05) is 23.8 Å². The van der Waals surface area contributed by atoms with E-state index in [1.807, 2.05) is 18.2 Å². The highest BCUT2D eigenvalue weighted by molar-refractivity contribution is 7.80. The summed E-state index contributed by atoms with van der Waals surface area (Å²) in [6.07, 6.45) is 0. The molecule has 0 aromatic heterocycles. The average molecular weight is 323 g/mol. The number of halogens is 1. The second-order valence-electron chi connectivity index (χ2n) is 4.28. The summed E-state index contributed by atoms with van der Waals surface area (Å²) in [6.45, 7) is 0. The van der Waals surface area contributed by atoms with Gasteiger partial charge in [-0.15, -0.1) is 0 Å². The Balaban J connectivity index is 2.40. The van der Waals surface area contributed by atoms with E-state index in [-0.39, 0.29) is 4.99 Å². The molecule has 3 N–H and O–H groups in total. The van der Waals surface area contributed by atoms with Crippen molar-refractivity contribution in [3.63, 3.8) is 0 Å². The maximum atomic E-state index is 5.98. The third-order valence-electron chi connectivity index (χ3n) is 2.88. The lowest BCUT2D eigenvalue weighted by Gasteiger charge is -2.14. The van der Waals surface area contributed by atoms with Gasteiger partial charge in [0.25, 0.3) is 0 Å². The Morgan fingerprint density at radius 3 is 2.24 bits per heavy atom. The quantitative estimate of drug-likeness (QED) is 0.821. The number of rotatable bonds is 5. The van der Waals surface area contributed by atoms with Crippen molar-refractivity contribution < 1.29 is 9.47 Å². The van der Waals surface area contributed by atoms with Gasteiger partial charge in [0.2, 0.25) is 0 Å². The van der Waals surface area contributed by atoms with Crippen molar-refractivity contribution in [3.8, 4) is 11.5 Å². The second-order valence-corrected chi connectivity index (χ2v) is 5.16. The molecule has 2 aromatic rings. The van der Waals surface area contributed by atoms with Crippen LogP contribution in [0.2, 0.25) is 5.02 Å². The predicted molar refractivity (Wildman–Crippen MR) is 90.2 cm³/mol. The van der Waals surface area contributed by atoms with Gasteiger partial charge in [-0.2, -0.15) is 0 Å². The zero-order valence-corrected chi connectivity index (χ0v) is 13.2. The molecule has 0 amide bonds. The Hall–Kier alpha value is -1.98. The molecular formula is C15H15ClN2O2S. The molecule has 0 heterocycles. The number of hydrogen-bond acceptors (Lipinski definition) is 4. The SMILES string of the molecule is COc1cc(Nc2ccc(Cl)cc2C(N)=S)cc(OC)c1. The van der Waals surface area contributed by atoms with Crippen molar-refractivity contribution in [2.75, 3.05) is 19.5 Å². The highest BCUT2D eigenvalue weighted by Crippen LogP contribution is 2.30. The van der Waals surface area contributed by atoms with E-state index >= 15 is 0 Å². The molecule has 0 aliphatic heterocycles. The van der Waals surface area contributed by atoms with E-state index in [1.54, 1.807) is 32.4 Å². The first kappa shape index (κ1) is 15.4. The summed E-state index contributed by atoms with van der Waals surface area (Å²) < 4.78 is 10.5. The molecule has 0 radical (unpaired) electrons. The Bertz CT molecular complexity index is 654. The van der Waals surface area contributed by atoms with Gasteiger partial charge in [0.15, 0.2) is 0 Å². The normalized spacial score (nSPS) is 10.0. The highest BCUT2D eigenvalue weighted by atomic mass is 35.5. The van der Waals surface area contributed by atoms with Gasteiger partial charge in [-0.25, -0.2) is 0 Å². The molecule has 21 heavy (non-hydrogen) atoms. The van der Waals surface area contributed by atoms with Gasteiger partial charge in [0, 0.05) is 40.2 Å². The molecule has 110 valence electrons. The Kier molecular flexibility index (Phi) is 4.88. The Labute approximate surface area is 133 Å². The predicted octanol–water partition coefficient (Wildman–Crippen LogP) is 3.74. The van der Waals surface area contributed by atoms with Gasteiger partial charge < -0.3 is 20.5 Å². The molecule has 0 saturated carbocycles. The summed E-state index contributed by atoms with van der Waals surface area (Å²) in [5.74, 6) is 1.37. The number of nitrogens with two attached hydrogens (primary N) is 1. The number of ether oxygens (including phenoxy) is 2. The monoisotopic (exact) mass is 322 g/mol. The first-order valence-electron chi connectivity index (χ1n) is 6.13. The van der Waals surface area contributed by atoms with Crippen LogP contribution in [0.15, 0.2) is 36.4 Å². The van der Waals surface area contributed by atoms with Crippen molar-refractivity contribution in [2.45, 2.75) is 0 Å². The standard InChI is InChI=1S/C15H15ClN2O2S/c1-19-11-6-10(7-12(8-11)20-2)18-14-4-3-9(16)5-13(14)15(17)21/h3-8,18H,1-2H3,(H2,17,21). The van der Waals surface area contributed by atoms with Crippen molar-refractivity contribution in [2.24, 2.45) is 5.73 Å². The van der Waals surface area contributed by atoms with Crippen LogP contribution < -0.4 is 20.5 Å². The molecule has 0 bridgehead atoms. The van der Waals surface area contributed by atoms with Gasteiger partial charge in [-0.05, 0) is 18.2 Å². The lowest BCUT2D eigenvalue weighted by molar-refractivity contribution is 0.395. The van der Waals surface area contributed by atoms with Crippen molar-refractivity contribution in [1.82, 2.24) is 0 Å². The minimum atomic E-state index is 0.273. The van der Waals surface area contributed by atoms with Crippen LogP contribution in [-0.4, -0.2) is 19.2 Å².